The molecule has 1 aromatic carbocycles. The van der Waals surface area contributed by atoms with E-state index in [-0.39, 0.29) is 34.2 Å². The van der Waals surface area contributed by atoms with Gasteiger partial charge in [0.1, 0.15) is 5.82 Å². The second-order valence-corrected chi connectivity index (χ2v) is 14.3. The number of hydrogen-bond donors (Lipinski definition) is 3. The van der Waals surface area contributed by atoms with Crippen molar-refractivity contribution in [3.05, 3.63) is 77.7 Å². The number of halogens is 1. The summed E-state index contributed by atoms with van der Waals surface area (Å²) in [5.74, 6) is -0.750. The summed E-state index contributed by atoms with van der Waals surface area (Å²) in [6.07, 6.45) is 8.04. The number of nitrogens with zero attached hydrogens (tertiary/aromatic N) is 1. The zero-order valence-electron chi connectivity index (χ0n) is 24.6. The van der Waals surface area contributed by atoms with Crippen LogP contribution in [0.3, 0.4) is 0 Å². The minimum Gasteiger partial charge on any atom is -0.457 e. The van der Waals surface area contributed by atoms with Crippen LogP contribution in [-0.4, -0.2) is 33.6 Å². The van der Waals surface area contributed by atoms with Crippen molar-refractivity contribution in [1.29, 1.82) is 0 Å². The molecular weight excluding hydrogens is 567 g/mol. The SMILES string of the molecule is CC1CC23CC2(C(O)CC2(C)C3CCC2(OC(=O)c2ccco2)C(=O)S)C2(C)CC(=CN)C(=Nc3ccc(F)cc3)C=C12. The number of aliphatic hydroxyl groups is 1. The van der Waals surface area contributed by atoms with Crippen LogP contribution in [0.1, 0.15) is 69.9 Å². The van der Waals surface area contributed by atoms with Crippen LogP contribution in [0.4, 0.5) is 10.1 Å². The van der Waals surface area contributed by atoms with Gasteiger partial charge in [0.25, 0.3) is 0 Å². The maximum absolute atomic E-state index is 13.5. The van der Waals surface area contributed by atoms with E-state index in [4.69, 9.17) is 19.9 Å². The van der Waals surface area contributed by atoms with E-state index in [1.807, 2.05) is 6.92 Å². The number of aliphatic imine (C=N–C) groups is 1. The van der Waals surface area contributed by atoms with Crippen molar-refractivity contribution in [2.45, 2.75) is 71.0 Å². The van der Waals surface area contributed by atoms with Crippen molar-refractivity contribution in [2.75, 3.05) is 0 Å². The van der Waals surface area contributed by atoms with E-state index in [2.05, 4.69) is 32.6 Å². The normalized spacial score (nSPS) is 42.8. The number of allylic oxidation sites excluding steroid dienone is 3. The molecule has 2 aromatic rings. The van der Waals surface area contributed by atoms with Crippen LogP contribution < -0.4 is 5.73 Å². The highest BCUT2D eigenvalue weighted by atomic mass is 32.1. The second kappa shape index (κ2) is 9.17. The first-order valence-electron chi connectivity index (χ1n) is 15.0. The van der Waals surface area contributed by atoms with Crippen molar-refractivity contribution in [1.82, 2.24) is 0 Å². The van der Waals surface area contributed by atoms with Crippen molar-refractivity contribution in [2.24, 2.45) is 44.2 Å². The lowest BCUT2D eigenvalue weighted by molar-refractivity contribution is -0.177. The Kier molecular flexibility index (Phi) is 6.10. The molecule has 4 fully saturated rings. The van der Waals surface area contributed by atoms with Gasteiger partial charge in [-0.25, -0.2) is 14.2 Å². The Morgan fingerprint density at radius 1 is 1.21 bits per heavy atom. The molecule has 3 N–H and O–H groups in total. The molecule has 5 aliphatic carbocycles. The number of hydrogen-bond acceptors (Lipinski definition) is 7. The van der Waals surface area contributed by atoms with E-state index in [1.165, 1.54) is 30.0 Å². The first-order chi connectivity index (χ1) is 20.4. The van der Waals surface area contributed by atoms with Crippen LogP contribution in [0.2, 0.25) is 0 Å². The molecule has 8 atom stereocenters. The van der Waals surface area contributed by atoms with Gasteiger partial charge in [-0.05, 0) is 110 Å². The predicted octanol–water partition coefficient (Wildman–Crippen LogP) is 6.32. The lowest BCUT2D eigenvalue weighted by Crippen LogP contribution is -2.63. The molecule has 0 radical (unpaired) electrons. The minimum atomic E-state index is -1.47. The fourth-order valence-electron chi connectivity index (χ4n) is 10.6. The molecule has 0 spiro atoms. The molecule has 8 unspecified atom stereocenters. The van der Waals surface area contributed by atoms with Crippen LogP contribution in [-0.2, 0) is 9.53 Å². The average molecular weight is 605 g/mol. The third kappa shape index (κ3) is 3.49. The number of carbonyl (C=O) groups excluding carboxylic acids is 2. The maximum atomic E-state index is 13.5. The van der Waals surface area contributed by atoms with Gasteiger partial charge in [-0.3, -0.25) is 4.79 Å². The molecule has 43 heavy (non-hydrogen) atoms. The summed E-state index contributed by atoms with van der Waals surface area (Å²) in [4.78, 5) is 31.4. The van der Waals surface area contributed by atoms with Crippen molar-refractivity contribution in [3.8, 4) is 0 Å². The monoisotopic (exact) mass is 604 g/mol. The Bertz CT molecular complexity index is 1620. The fourth-order valence-corrected chi connectivity index (χ4v) is 11.1. The number of ether oxygens (including phenoxy) is 1. The zero-order chi connectivity index (χ0) is 30.6. The van der Waals surface area contributed by atoms with Crippen molar-refractivity contribution in [3.63, 3.8) is 0 Å². The quantitative estimate of drug-likeness (QED) is 0.278. The van der Waals surface area contributed by atoms with E-state index in [0.717, 1.165) is 24.1 Å². The Balaban J connectivity index is 1.30. The van der Waals surface area contributed by atoms with Gasteiger partial charge in [-0.15, -0.1) is 12.6 Å². The van der Waals surface area contributed by atoms with Gasteiger partial charge in [-0.1, -0.05) is 26.3 Å². The molecule has 226 valence electrons. The first kappa shape index (κ1) is 28.6. The number of benzene rings is 1. The largest absolute Gasteiger partial charge is 0.457 e. The third-order valence-corrected chi connectivity index (χ3v) is 12.6. The summed E-state index contributed by atoms with van der Waals surface area (Å²) in [7, 11) is 0. The number of thiol groups is 1. The summed E-state index contributed by atoms with van der Waals surface area (Å²) in [6, 6.07) is 9.21. The molecule has 7 rings (SSSR count). The highest BCUT2D eigenvalue weighted by Crippen LogP contribution is 2.90. The number of furan rings is 1. The molecule has 0 bridgehead atoms. The van der Waals surface area contributed by atoms with Gasteiger partial charge in [0, 0.05) is 16.2 Å². The number of nitrogens with two attached hydrogens (primary N) is 1. The minimum absolute atomic E-state index is 0.0336. The van der Waals surface area contributed by atoms with Gasteiger partial charge in [0.2, 0.25) is 10.9 Å². The van der Waals surface area contributed by atoms with E-state index in [9.17, 15) is 19.1 Å². The zero-order valence-corrected chi connectivity index (χ0v) is 25.5. The van der Waals surface area contributed by atoms with Gasteiger partial charge < -0.3 is 20.0 Å². The van der Waals surface area contributed by atoms with E-state index >= 15 is 0 Å². The van der Waals surface area contributed by atoms with Crippen LogP contribution in [0, 0.1) is 39.3 Å². The molecule has 5 aliphatic rings. The fraction of sp³-hybridized carbons (Fsp3) is 0.500. The number of aliphatic hydroxyl groups excluding tert-OH is 1. The Morgan fingerprint density at radius 2 is 1.95 bits per heavy atom. The Morgan fingerprint density at radius 3 is 2.60 bits per heavy atom. The molecule has 1 aromatic heterocycles. The molecule has 0 amide bonds. The molecule has 1 heterocycles. The van der Waals surface area contributed by atoms with Crippen LogP contribution in [0.15, 0.2) is 75.5 Å². The number of rotatable bonds is 4. The predicted molar refractivity (Wildman–Crippen MR) is 162 cm³/mol. The lowest BCUT2D eigenvalue weighted by Gasteiger charge is -2.61. The van der Waals surface area contributed by atoms with Gasteiger partial charge in [0.05, 0.1) is 23.8 Å². The van der Waals surface area contributed by atoms with Crippen LogP contribution in [0.25, 0.3) is 0 Å². The van der Waals surface area contributed by atoms with Crippen molar-refractivity contribution >= 4 is 35.1 Å². The number of carbonyl (C=O) groups is 2. The summed E-state index contributed by atoms with van der Waals surface area (Å²) in [6.45, 7) is 6.49. The second-order valence-electron chi connectivity index (χ2n) is 13.9. The number of esters is 1. The highest BCUT2D eigenvalue weighted by Gasteiger charge is 2.88. The maximum Gasteiger partial charge on any atom is 0.375 e. The smallest absolute Gasteiger partial charge is 0.375 e. The topological polar surface area (TPSA) is 115 Å². The third-order valence-electron chi connectivity index (χ3n) is 12.3. The molecule has 0 saturated heterocycles. The molecule has 4 saturated carbocycles. The standard InChI is InChI=1S/C34H37FN2O5S/c1-19-14-32-18-33(32,30(2)15-20(17-36)24(13-23(19)30)37-22-8-6-21(35)7-9-22)27(38)16-31(3)26(32)10-11-34(31,29(40)43)42-28(39)25-5-4-12-41-25/h4-9,12-13,17,19,26-27,38H,10-11,14-16,18,36H2,1-3H3,(H,40,43). The summed E-state index contributed by atoms with van der Waals surface area (Å²) in [5, 5.41) is 11.8. The molecule has 7 nitrogen and oxygen atoms in total. The summed E-state index contributed by atoms with van der Waals surface area (Å²) < 4.78 is 24.9. The average Bonchev–Trinajstić information content (AvgIpc) is 3.25. The van der Waals surface area contributed by atoms with Crippen LogP contribution in [0.5, 0.6) is 0 Å². The van der Waals surface area contributed by atoms with E-state index < -0.39 is 33.6 Å². The molecule has 0 aliphatic heterocycles. The van der Waals surface area contributed by atoms with Gasteiger partial charge >= 0.3 is 5.97 Å². The van der Waals surface area contributed by atoms with Gasteiger partial charge in [0.15, 0.2) is 5.60 Å². The van der Waals surface area contributed by atoms with Gasteiger partial charge in [-0.2, -0.15) is 0 Å². The molecular formula is C34H37FN2O5S. The van der Waals surface area contributed by atoms with E-state index in [0.29, 0.717) is 31.4 Å². The first-order valence-corrected chi connectivity index (χ1v) is 15.5. The highest BCUT2D eigenvalue weighted by molar-refractivity contribution is 7.96. The Hall–Kier alpha value is -3.17. The summed E-state index contributed by atoms with van der Waals surface area (Å²) in [5.41, 5.74) is 6.43. The molecule has 9 heteroatoms. The van der Waals surface area contributed by atoms with Crippen molar-refractivity contribution < 1.29 is 28.2 Å². The van der Waals surface area contributed by atoms with Crippen LogP contribution >= 0.6 is 12.6 Å². The van der Waals surface area contributed by atoms with E-state index in [1.54, 1.807) is 24.4 Å². The number of fused-ring (bicyclic) bond motifs is 2. The Labute approximate surface area is 255 Å². The summed E-state index contributed by atoms with van der Waals surface area (Å²) >= 11 is 4.31. The lowest BCUT2D eigenvalue weighted by atomic mass is 9.43.